The van der Waals surface area contributed by atoms with Crippen molar-refractivity contribution in [3.63, 3.8) is 0 Å². The van der Waals surface area contributed by atoms with E-state index >= 15 is 0 Å². The number of amides is 1. The Hall–Kier alpha value is -2.33. The first kappa shape index (κ1) is 13.6. The fourth-order valence-corrected chi connectivity index (χ4v) is 2.40. The van der Waals surface area contributed by atoms with Gasteiger partial charge in [-0.15, -0.1) is 0 Å². The van der Waals surface area contributed by atoms with Crippen molar-refractivity contribution < 1.29 is 11.0 Å². The van der Waals surface area contributed by atoms with Crippen LogP contribution in [-0.2, 0) is 4.79 Å². The number of carbonyl (C=O) groups is 1. The lowest BCUT2D eigenvalue weighted by atomic mass is 10.2. The van der Waals surface area contributed by atoms with Crippen molar-refractivity contribution in [2.75, 3.05) is 11.9 Å². The Balaban J connectivity index is 0.00000176. The second-order valence-corrected chi connectivity index (χ2v) is 5.08. The van der Waals surface area contributed by atoms with Gasteiger partial charge in [0.1, 0.15) is 11.5 Å². The van der Waals surface area contributed by atoms with Gasteiger partial charge in [0.15, 0.2) is 0 Å². The summed E-state index contributed by atoms with van der Waals surface area (Å²) in [6.45, 7) is 0.912. The smallest absolute Gasteiger partial charge is 0.241 e. The van der Waals surface area contributed by atoms with Crippen LogP contribution in [0.25, 0.3) is 0 Å². The van der Waals surface area contributed by atoms with Gasteiger partial charge in [0.2, 0.25) is 5.91 Å². The van der Waals surface area contributed by atoms with E-state index in [0.29, 0.717) is 5.75 Å². The molecule has 2 aromatic carbocycles. The lowest BCUT2D eigenvalue weighted by Gasteiger charge is -2.12. The molecular formula is C17H20N2O2. The van der Waals surface area contributed by atoms with Gasteiger partial charge < -0.3 is 15.4 Å². The van der Waals surface area contributed by atoms with Gasteiger partial charge in [0.05, 0.1) is 6.04 Å². The molecule has 3 rings (SSSR count). The third kappa shape index (κ3) is 3.61. The Labute approximate surface area is 125 Å². The van der Waals surface area contributed by atoms with Crippen molar-refractivity contribution in [3.05, 3.63) is 54.6 Å². The van der Waals surface area contributed by atoms with Crippen LogP contribution >= 0.6 is 0 Å². The zero-order valence-electron chi connectivity index (χ0n) is 11.7. The molecule has 0 saturated carbocycles. The van der Waals surface area contributed by atoms with Gasteiger partial charge in [-0.05, 0) is 43.7 Å². The van der Waals surface area contributed by atoms with Gasteiger partial charge in [-0.2, -0.15) is 0 Å². The number of ether oxygens (including phenoxy) is 1. The third-order valence-electron chi connectivity index (χ3n) is 3.46. The van der Waals surface area contributed by atoms with Gasteiger partial charge in [0.25, 0.3) is 0 Å². The zero-order valence-corrected chi connectivity index (χ0v) is 11.7. The van der Waals surface area contributed by atoms with E-state index in [4.69, 9.17) is 4.74 Å². The summed E-state index contributed by atoms with van der Waals surface area (Å²) in [6, 6.07) is 16.9. The number of para-hydroxylation sites is 1. The largest absolute Gasteiger partial charge is 0.457 e. The molecule has 0 aliphatic carbocycles. The average Bonchev–Trinajstić information content (AvgIpc) is 3.03. The molecule has 4 heteroatoms. The molecule has 0 unspecified atom stereocenters. The molecule has 110 valence electrons. The molecule has 4 nitrogen and oxygen atoms in total. The molecule has 1 aliphatic heterocycles. The topological polar surface area (TPSA) is 50.4 Å². The van der Waals surface area contributed by atoms with Crippen molar-refractivity contribution in [3.8, 4) is 11.5 Å². The molecule has 1 saturated heterocycles. The predicted octanol–water partition coefficient (Wildman–Crippen LogP) is 3.42. The van der Waals surface area contributed by atoms with Crippen LogP contribution in [0.15, 0.2) is 54.6 Å². The summed E-state index contributed by atoms with van der Waals surface area (Å²) >= 11 is 0. The Bertz CT molecular complexity index is 613. The summed E-state index contributed by atoms with van der Waals surface area (Å²) in [4.78, 5) is 12.1. The lowest BCUT2D eigenvalue weighted by Crippen LogP contribution is -2.35. The summed E-state index contributed by atoms with van der Waals surface area (Å²) in [5.74, 6) is 1.50. The molecule has 0 radical (unpaired) electrons. The number of rotatable bonds is 4. The zero-order chi connectivity index (χ0) is 14.5. The Morgan fingerprint density at radius 2 is 1.95 bits per heavy atom. The van der Waals surface area contributed by atoms with E-state index in [1.165, 1.54) is 0 Å². The fourth-order valence-electron chi connectivity index (χ4n) is 2.40. The first-order valence-electron chi connectivity index (χ1n) is 7.18. The van der Waals surface area contributed by atoms with Crippen LogP contribution in [-0.4, -0.2) is 18.5 Å². The van der Waals surface area contributed by atoms with E-state index in [1.807, 2.05) is 54.6 Å². The molecule has 1 aliphatic rings. The predicted molar refractivity (Wildman–Crippen MR) is 84.7 cm³/mol. The molecule has 1 amide bonds. The summed E-state index contributed by atoms with van der Waals surface area (Å²) in [5.41, 5.74) is 0.752. The molecule has 0 bridgehead atoms. The highest BCUT2D eigenvalue weighted by Crippen LogP contribution is 2.24. The highest BCUT2D eigenvalue weighted by molar-refractivity contribution is 5.95. The van der Waals surface area contributed by atoms with Crippen molar-refractivity contribution in [2.24, 2.45) is 0 Å². The summed E-state index contributed by atoms with van der Waals surface area (Å²) in [5, 5.41) is 6.12. The van der Waals surface area contributed by atoms with Crippen molar-refractivity contribution in [2.45, 2.75) is 18.9 Å². The maximum Gasteiger partial charge on any atom is 0.241 e. The molecule has 1 heterocycles. The molecule has 0 spiro atoms. The Kier molecular flexibility index (Phi) is 4.17. The van der Waals surface area contributed by atoms with Gasteiger partial charge in [-0.3, -0.25) is 4.79 Å². The van der Waals surface area contributed by atoms with Crippen LogP contribution in [0, 0.1) is 0 Å². The first-order chi connectivity index (χ1) is 10.3. The van der Waals surface area contributed by atoms with Crippen molar-refractivity contribution in [1.82, 2.24) is 5.32 Å². The molecule has 2 aromatic rings. The highest BCUT2D eigenvalue weighted by Gasteiger charge is 2.21. The molecule has 1 atom stereocenters. The number of hydrogen-bond donors (Lipinski definition) is 2. The second kappa shape index (κ2) is 6.41. The lowest BCUT2D eigenvalue weighted by molar-refractivity contribution is -0.117. The summed E-state index contributed by atoms with van der Waals surface area (Å²) < 4.78 is 5.76. The first-order valence-corrected chi connectivity index (χ1v) is 7.18. The van der Waals surface area contributed by atoms with Crippen LogP contribution in [0.2, 0.25) is 0 Å². The molecule has 2 N–H and O–H groups in total. The van der Waals surface area contributed by atoms with Gasteiger partial charge in [0, 0.05) is 13.2 Å². The molecule has 1 fully saturated rings. The normalized spacial score (nSPS) is 17.4. The second-order valence-electron chi connectivity index (χ2n) is 5.08. The standard InChI is InChI=1S/C17H18N2O2.H2/c20-17(16-10-5-11-18-16)19-13-6-4-9-15(12-13)21-14-7-2-1-3-8-14;/h1-4,6-9,12,16,18H,5,10-11H2,(H,19,20);1H/t16-;/m0./s1. The highest BCUT2D eigenvalue weighted by atomic mass is 16.5. The van der Waals surface area contributed by atoms with Crippen LogP contribution < -0.4 is 15.4 Å². The van der Waals surface area contributed by atoms with Crippen molar-refractivity contribution >= 4 is 11.6 Å². The van der Waals surface area contributed by atoms with Crippen LogP contribution in [0.5, 0.6) is 11.5 Å². The maximum absolute atomic E-state index is 12.1. The minimum absolute atomic E-state index is 0. The maximum atomic E-state index is 12.1. The number of hydrogen-bond acceptors (Lipinski definition) is 3. The number of anilines is 1. The minimum atomic E-state index is -0.0799. The average molecular weight is 284 g/mol. The Morgan fingerprint density at radius 1 is 1.14 bits per heavy atom. The summed E-state index contributed by atoms with van der Waals surface area (Å²) in [7, 11) is 0. The Morgan fingerprint density at radius 3 is 2.71 bits per heavy atom. The molecular weight excluding hydrogens is 264 g/mol. The van der Waals surface area contributed by atoms with E-state index in [2.05, 4.69) is 10.6 Å². The van der Waals surface area contributed by atoms with E-state index in [1.54, 1.807) is 0 Å². The fraction of sp³-hybridized carbons (Fsp3) is 0.235. The number of carbonyl (C=O) groups excluding carboxylic acids is 1. The van der Waals surface area contributed by atoms with Gasteiger partial charge in [-0.25, -0.2) is 0 Å². The van der Waals surface area contributed by atoms with E-state index in [9.17, 15) is 4.79 Å². The minimum Gasteiger partial charge on any atom is -0.457 e. The molecule has 21 heavy (non-hydrogen) atoms. The SMILES string of the molecule is O=C(Nc1cccc(Oc2ccccc2)c1)[C@@H]1CCCN1.[HH]. The van der Waals surface area contributed by atoms with Crippen LogP contribution in [0.3, 0.4) is 0 Å². The van der Waals surface area contributed by atoms with E-state index < -0.39 is 0 Å². The number of benzene rings is 2. The quantitative estimate of drug-likeness (QED) is 0.904. The monoisotopic (exact) mass is 284 g/mol. The van der Waals surface area contributed by atoms with Crippen molar-refractivity contribution in [1.29, 1.82) is 0 Å². The molecule has 0 aromatic heterocycles. The number of nitrogens with one attached hydrogen (secondary N) is 2. The van der Waals surface area contributed by atoms with Gasteiger partial charge in [-0.1, -0.05) is 24.3 Å². The van der Waals surface area contributed by atoms with E-state index in [-0.39, 0.29) is 13.4 Å². The van der Waals surface area contributed by atoms with E-state index in [0.717, 1.165) is 30.8 Å². The third-order valence-corrected chi connectivity index (χ3v) is 3.46. The van der Waals surface area contributed by atoms with Gasteiger partial charge >= 0.3 is 0 Å². The van der Waals surface area contributed by atoms with Crippen LogP contribution in [0.1, 0.15) is 14.3 Å². The summed E-state index contributed by atoms with van der Waals surface area (Å²) in [6.07, 6.45) is 1.95. The van der Waals surface area contributed by atoms with Crippen LogP contribution in [0.4, 0.5) is 5.69 Å².